The second kappa shape index (κ2) is 6.14. The fraction of sp³-hybridized carbons (Fsp3) is 0.200. The van der Waals surface area contributed by atoms with Crippen LogP contribution in [-0.4, -0.2) is 17.4 Å². The van der Waals surface area contributed by atoms with Crippen molar-refractivity contribution in [2.75, 3.05) is 12.5 Å². The summed E-state index contributed by atoms with van der Waals surface area (Å²) in [5, 5.41) is 10.5. The molecule has 0 saturated heterocycles. The summed E-state index contributed by atoms with van der Waals surface area (Å²) in [5.41, 5.74) is 0. The van der Waals surface area contributed by atoms with Gasteiger partial charge in [-0.05, 0) is 18.6 Å². The molecule has 2 heterocycles. The molecule has 4 nitrogen and oxygen atoms in total. The van der Waals surface area contributed by atoms with Gasteiger partial charge in [0.25, 0.3) is 0 Å². The Morgan fingerprint density at radius 1 is 1.28 bits per heavy atom. The molecule has 0 saturated carbocycles. The van der Waals surface area contributed by atoms with Gasteiger partial charge in [-0.1, -0.05) is 23.5 Å². The number of hydrogen-bond donors (Lipinski definition) is 0. The zero-order valence-corrected chi connectivity index (χ0v) is 12.8. The topological polar surface area (TPSA) is 56.3 Å². The van der Waals surface area contributed by atoms with Crippen LogP contribution in [0, 0.1) is 10.1 Å². The molecule has 0 unspecified atom stereocenters. The Kier molecular flexibility index (Phi) is 4.77. The standard InChI is InChI=1S/C10H9NO3S4/c1-15-9-10(16-2)18-8(17-9)5-6-3-4-7(14-6)11(12)13/h3-5H,1-2H3. The predicted molar refractivity (Wildman–Crippen MR) is 82.6 cm³/mol. The Hall–Kier alpha value is -0.440. The van der Waals surface area contributed by atoms with Crippen molar-refractivity contribution in [1.82, 2.24) is 0 Å². The number of nitrogens with zero attached hydrogens (tertiary/aromatic N) is 1. The second-order valence-corrected chi connectivity index (χ2v) is 7.60. The van der Waals surface area contributed by atoms with Gasteiger partial charge in [-0.25, -0.2) is 0 Å². The number of thioether (sulfide) groups is 4. The van der Waals surface area contributed by atoms with Gasteiger partial charge >= 0.3 is 5.88 Å². The van der Waals surface area contributed by atoms with E-state index in [4.69, 9.17) is 4.42 Å². The molecule has 1 aromatic heterocycles. The minimum atomic E-state index is -0.532. The molecule has 8 heteroatoms. The van der Waals surface area contributed by atoms with E-state index < -0.39 is 4.92 Å². The molecule has 18 heavy (non-hydrogen) atoms. The van der Waals surface area contributed by atoms with Crippen molar-refractivity contribution in [2.45, 2.75) is 0 Å². The Morgan fingerprint density at radius 2 is 1.89 bits per heavy atom. The smallest absolute Gasteiger partial charge is 0.401 e. The highest BCUT2D eigenvalue weighted by Crippen LogP contribution is 2.56. The van der Waals surface area contributed by atoms with E-state index in [2.05, 4.69) is 0 Å². The molecule has 1 aliphatic rings. The summed E-state index contributed by atoms with van der Waals surface area (Å²) in [7, 11) is 0. The van der Waals surface area contributed by atoms with Gasteiger partial charge in [-0.2, -0.15) is 0 Å². The van der Waals surface area contributed by atoms with Gasteiger partial charge in [0.15, 0.2) is 0 Å². The number of nitro groups is 1. The maximum absolute atomic E-state index is 10.5. The molecule has 2 rings (SSSR count). The van der Waals surface area contributed by atoms with E-state index in [1.165, 1.54) is 14.5 Å². The van der Waals surface area contributed by atoms with Crippen molar-refractivity contribution in [3.05, 3.63) is 40.7 Å². The lowest BCUT2D eigenvalue weighted by Gasteiger charge is -1.94. The summed E-state index contributed by atoms with van der Waals surface area (Å²) in [5.74, 6) is 0.289. The molecule has 0 radical (unpaired) electrons. The summed E-state index contributed by atoms with van der Waals surface area (Å²) in [6.45, 7) is 0. The van der Waals surface area contributed by atoms with Crippen molar-refractivity contribution < 1.29 is 9.34 Å². The van der Waals surface area contributed by atoms with Crippen molar-refractivity contribution >= 4 is 59.0 Å². The Bertz CT molecular complexity index is 517. The normalized spacial score (nSPS) is 15.3. The third kappa shape index (κ3) is 3.11. The summed E-state index contributed by atoms with van der Waals surface area (Å²) in [4.78, 5) is 9.98. The minimum Gasteiger partial charge on any atom is -0.401 e. The largest absolute Gasteiger partial charge is 0.433 e. The van der Waals surface area contributed by atoms with E-state index in [9.17, 15) is 10.1 Å². The third-order valence-corrected chi connectivity index (χ3v) is 7.06. The van der Waals surface area contributed by atoms with E-state index in [1.807, 2.05) is 18.6 Å². The molecule has 0 amide bonds. The van der Waals surface area contributed by atoms with E-state index in [-0.39, 0.29) is 5.88 Å². The van der Waals surface area contributed by atoms with Crippen LogP contribution in [0.15, 0.2) is 29.3 Å². The van der Waals surface area contributed by atoms with Crippen LogP contribution in [0.5, 0.6) is 0 Å². The zero-order valence-electron chi connectivity index (χ0n) is 9.54. The van der Waals surface area contributed by atoms with Crippen LogP contribution in [0.4, 0.5) is 5.88 Å². The average molecular weight is 319 g/mol. The maximum atomic E-state index is 10.5. The lowest BCUT2D eigenvalue weighted by Crippen LogP contribution is -1.82. The first-order chi connectivity index (χ1) is 8.63. The van der Waals surface area contributed by atoms with Gasteiger partial charge in [0.1, 0.15) is 10.7 Å². The molecule has 0 aliphatic carbocycles. The lowest BCUT2D eigenvalue weighted by molar-refractivity contribution is -0.402. The molecular formula is C10H9NO3S4. The Labute approximate surface area is 121 Å². The molecule has 0 fully saturated rings. The molecule has 1 aliphatic heterocycles. The molecule has 1 aromatic rings. The van der Waals surface area contributed by atoms with Crippen molar-refractivity contribution in [1.29, 1.82) is 0 Å². The van der Waals surface area contributed by atoms with E-state index in [0.717, 1.165) is 4.24 Å². The van der Waals surface area contributed by atoms with E-state index >= 15 is 0 Å². The van der Waals surface area contributed by atoms with Crippen LogP contribution in [0.2, 0.25) is 0 Å². The maximum Gasteiger partial charge on any atom is 0.433 e. The van der Waals surface area contributed by atoms with Crippen LogP contribution in [0.1, 0.15) is 5.76 Å². The first kappa shape index (κ1) is 14.0. The molecule has 0 atom stereocenters. The van der Waals surface area contributed by atoms with Crippen LogP contribution >= 0.6 is 47.0 Å². The Morgan fingerprint density at radius 3 is 2.33 bits per heavy atom. The van der Waals surface area contributed by atoms with Crippen molar-refractivity contribution in [2.24, 2.45) is 0 Å². The molecular weight excluding hydrogens is 310 g/mol. The number of furan rings is 1. The molecule has 0 bridgehead atoms. The van der Waals surface area contributed by atoms with Crippen molar-refractivity contribution in [3.8, 4) is 0 Å². The Balaban J connectivity index is 2.14. The highest BCUT2D eigenvalue weighted by Gasteiger charge is 2.20. The van der Waals surface area contributed by atoms with E-state index in [1.54, 1.807) is 53.1 Å². The second-order valence-electron chi connectivity index (χ2n) is 3.08. The van der Waals surface area contributed by atoms with Crippen LogP contribution < -0.4 is 0 Å². The lowest BCUT2D eigenvalue weighted by atomic mass is 10.4. The SMILES string of the molecule is CSC1=C(SC)SC(=Cc2ccc([N+](=O)[O-])o2)S1. The predicted octanol–water partition coefficient (Wildman–Crippen LogP) is 4.82. The van der Waals surface area contributed by atoms with Crippen LogP contribution in [-0.2, 0) is 0 Å². The summed E-state index contributed by atoms with van der Waals surface area (Å²) >= 11 is 6.77. The fourth-order valence-electron chi connectivity index (χ4n) is 1.23. The highest BCUT2D eigenvalue weighted by atomic mass is 32.3. The van der Waals surface area contributed by atoms with Gasteiger partial charge in [0.2, 0.25) is 0 Å². The fourth-order valence-corrected chi connectivity index (χ4v) is 6.13. The summed E-state index contributed by atoms with van der Waals surface area (Å²) in [6.07, 6.45) is 5.92. The number of rotatable bonds is 4. The molecule has 96 valence electrons. The molecule has 0 aromatic carbocycles. The van der Waals surface area contributed by atoms with Gasteiger partial charge in [0.05, 0.1) is 18.8 Å². The van der Waals surface area contributed by atoms with Gasteiger partial charge in [0, 0.05) is 6.08 Å². The average Bonchev–Trinajstić information content (AvgIpc) is 2.95. The van der Waals surface area contributed by atoms with Crippen molar-refractivity contribution in [3.63, 3.8) is 0 Å². The van der Waals surface area contributed by atoms with Gasteiger partial charge in [-0.3, -0.25) is 10.1 Å². The number of hydrogen-bond acceptors (Lipinski definition) is 7. The third-order valence-electron chi connectivity index (χ3n) is 1.98. The zero-order chi connectivity index (χ0) is 13.1. The summed E-state index contributed by atoms with van der Waals surface area (Å²) < 4.78 is 8.71. The summed E-state index contributed by atoms with van der Waals surface area (Å²) in [6, 6.07) is 2.98. The molecule has 0 spiro atoms. The monoisotopic (exact) mass is 319 g/mol. The quantitative estimate of drug-likeness (QED) is 0.582. The van der Waals surface area contributed by atoms with Gasteiger partial charge < -0.3 is 4.42 Å². The first-order valence-electron chi connectivity index (χ1n) is 4.78. The van der Waals surface area contributed by atoms with Crippen LogP contribution in [0.3, 0.4) is 0 Å². The highest BCUT2D eigenvalue weighted by molar-refractivity contribution is 8.40. The first-order valence-corrected chi connectivity index (χ1v) is 8.86. The molecule has 0 N–H and O–H groups in total. The minimum absolute atomic E-state index is 0.224. The van der Waals surface area contributed by atoms with Crippen LogP contribution in [0.25, 0.3) is 6.08 Å². The van der Waals surface area contributed by atoms with E-state index in [0.29, 0.717) is 5.76 Å². The van der Waals surface area contributed by atoms with Gasteiger partial charge in [-0.15, -0.1) is 23.5 Å².